The van der Waals surface area contributed by atoms with E-state index in [1.807, 2.05) is 36.6 Å². The second kappa shape index (κ2) is 9.06. The fourth-order valence-corrected chi connectivity index (χ4v) is 3.01. The van der Waals surface area contributed by atoms with Gasteiger partial charge in [-0.05, 0) is 54.6 Å². The molecule has 0 aliphatic rings. The van der Waals surface area contributed by atoms with E-state index in [-0.39, 0.29) is 13.0 Å². The quantitative estimate of drug-likeness (QED) is 0.368. The molecule has 3 aromatic rings. The Morgan fingerprint density at radius 3 is 2.86 bits per heavy atom. The number of carbonyl (C=O) groups is 2. The predicted octanol–water partition coefficient (Wildman–Crippen LogP) is 3.82. The first-order valence-corrected chi connectivity index (χ1v) is 9.33. The molecule has 0 spiro atoms. The molecule has 0 aliphatic carbocycles. The molecule has 1 aromatic heterocycles. The van der Waals surface area contributed by atoms with E-state index < -0.39 is 11.9 Å². The van der Waals surface area contributed by atoms with E-state index in [1.165, 1.54) is 0 Å². The molecular formula is C20H17N3O4S. The van der Waals surface area contributed by atoms with E-state index in [0.717, 1.165) is 27.7 Å². The Labute approximate surface area is 165 Å². The molecule has 0 bridgehead atoms. The minimum Gasteiger partial charge on any atom is -0.456 e. The van der Waals surface area contributed by atoms with E-state index >= 15 is 0 Å². The van der Waals surface area contributed by atoms with Crippen molar-refractivity contribution in [2.24, 2.45) is 0 Å². The summed E-state index contributed by atoms with van der Waals surface area (Å²) in [6.07, 6.45) is 0.367. The van der Waals surface area contributed by atoms with Gasteiger partial charge in [-0.3, -0.25) is 9.59 Å². The molecule has 1 amide bonds. The van der Waals surface area contributed by atoms with Gasteiger partial charge in [0.1, 0.15) is 10.9 Å². The molecule has 142 valence electrons. The summed E-state index contributed by atoms with van der Waals surface area (Å²) in [5, 5.41) is 13.4. The number of ether oxygens (including phenoxy) is 1. The van der Waals surface area contributed by atoms with E-state index in [1.54, 1.807) is 18.2 Å². The van der Waals surface area contributed by atoms with Crippen LogP contribution >= 0.6 is 11.8 Å². The van der Waals surface area contributed by atoms with Gasteiger partial charge < -0.3 is 14.5 Å². The number of aromatic nitrogens is 1. The van der Waals surface area contributed by atoms with Crippen LogP contribution in [0.5, 0.6) is 0 Å². The van der Waals surface area contributed by atoms with Crippen LogP contribution in [0.1, 0.15) is 17.9 Å². The lowest BCUT2D eigenvalue weighted by atomic mass is 10.2. The van der Waals surface area contributed by atoms with Crippen molar-refractivity contribution in [2.75, 3.05) is 11.9 Å². The summed E-state index contributed by atoms with van der Waals surface area (Å²) in [4.78, 5) is 28.9. The second-order valence-electron chi connectivity index (χ2n) is 5.95. The van der Waals surface area contributed by atoms with E-state index in [9.17, 15) is 9.59 Å². The Bertz CT molecular complexity index is 1020. The number of carbonyl (C=O) groups excluding carboxylic acids is 2. The molecule has 1 heterocycles. The largest absolute Gasteiger partial charge is 0.456 e. The van der Waals surface area contributed by atoms with Crippen molar-refractivity contribution >= 4 is 40.4 Å². The van der Waals surface area contributed by atoms with Crippen LogP contribution in [0.25, 0.3) is 11.1 Å². The molecular weight excluding hydrogens is 378 g/mol. The molecule has 8 heteroatoms. The number of hydrogen-bond acceptors (Lipinski definition) is 7. The third-order valence-corrected chi connectivity index (χ3v) is 4.46. The van der Waals surface area contributed by atoms with Crippen LogP contribution in [0.2, 0.25) is 0 Å². The Kier molecular flexibility index (Phi) is 6.29. The summed E-state index contributed by atoms with van der Waals surface area (Å²) < 4.78 is 10.5. The zero-order chi connectivity index (χ0) is 19.9. The minimum absolute atomic E-state index is 0.0687. The number of aryl methyl sites for hydroxylation is 2. The zero-order valence-corrected chi connectivity index (χ0v) is 15.9. The molecule has 0 fully saturated rings. The number of esters is 1. The van der Waals surface area contributed by atoms with Crippen LogP contribution in [0, 0.1) is 17.6 Å². The molecule has 28 heavy (non-hydrogen) atoms. The van der Waals surface area contributed by atoms with Crippen molar-refractivity contribution in [3.05, 3.63) is 53.9 Å². The van der Waals surface area contributed by atoms with Crippen LogP contribution in [-0.4, -0.2) is 23.5 Å². The van der Waals surface area contributed by atoms with Crippen LogP contribution in [0.15, 0.2) is 51.8 Å². The fourth-order valence-electron chi connectivity index (χ4n) is 2.53. The highest BCUT2D eigenvalue weighted by Crippen LogP contribution is 2.23. The highest BCUT2D eigenvalue weighted by molar-refractivity contribution is 8.03. The Balaban J connectivity index is 1.45. The van der Waals surface area contributed by atoms with Gasteiger partial charge in [-0.25, -0.2) is 4.98 Å². The van der Waals surface area contributed by atoms with Crippen molar-refractivity contribution in [3.63, 3.8) is 0 Å². The van der Waals surface area contributed by atoms with Gasteiger partial charge in [-0.2, -0.15) is 5.26 Å². The average Bonchev–Trinajstić information content (AvgIpc) is 3.10. The maximum absolute atomic E-state index is 12.0. The van der Waals surface area contributed by atoms with Crippen LogP contribution in [-0.2, 0) is 20.7 Å². The number of thiocyanates is 1. The zero-order valence-electron chi connectivity index (χ0n) is 15.1. The molecule has 2 aromatic carbocycles. The molecule has 7 nitrogen and oxygen atoms in total. The lowest BCUT2D eigenvalue weighted by molar-refractivity contribution is -0.147. The van der Waals surface area contributed by atoms with Crippen LogP contribution in [0.4, 0.5) is 5.69 Å². The summed E-state index contributed by atoms with van der Waals surface area (Å²) >= 11 is 1.05. The number of fused-ring (bicyclic) bond motifs is 1. The number of benzene rings is 2. The van der Waals surface area contributed by atoms with Crippen molar-refractivity contribution < 1.29 is 18.7 Å². The van der Waals surface area contributed by atoms with Crippen LogP contribution in [0.3, 0.4) is 0 Å². The number of nitrogens with one attached hydrogen (secondary N) is 1. The number of nitrogens with zero attached hydrogens (tertiary/aromatic N) is 2. The highest BCUT2D eigenvalue weighted by atomic mass is 32.2. The smallest absolute Gasteiger partial charge is 0.306 e. The van der Waals surface area contributed by atoms with Gasteiger partial charge in [0.25, 0.3) is 5.91 Å². The summed E-state index contributed by atoms with van der Waals surface area (Å²) in [5.74, 6) is -0.484. The third kappa shape index (κ3) is 5.11. The number of hydrogen-bond donors (Lipinski definition) is 1. The number of para-hydroxylation sites is 2. The monoisotopic (exact) mass is 395 g/mol. The van der Waals surface area contributed by atoms with Crippen molar-refractivity contribution in [1.82, 2.24) is 4.98 Å². The predicted molar refractivity (Wildman–Crippen MR) is 105 cm³/mol. The SMILES string of the molecule is Cc1cc(SC#N)ccc1NC(=O)COC(=O)CCc1nc2ccccc2o1. The van der Waals surface area contributed by atoms with Gasteiger partial charge in [-0.1, -0.05) is 12.1 Å². The van der Waals surface area contributed by atoms with Gasteiger partial charge >= 0.3 is 5.97 Å². The molecule has 0 radical (unpaired) electrons. The molecule has 0 atom stereocenters. The average molecular weight is 395 g/mol. The maximum atomic E-state index is 12.0. The Hall–Kier alpha value is -3.31. The van der Waals surface area contributed by atoms with Gasteiger partial charge in [-0.15, -0.1) is 0 Å². The first-order chi connectivity index (χ1) is 13.5. The molecule has 0 saturated carbocycles. The molecule has 0 unspecified atom stereocenters. The van der Waals surface area contributed by atoms with Crippen molar-refractivity contribution in [3.8, 4) is 5.40 Å². The highest BCUT2D eigenvalue weighted by Gasteiger charge is 2.12. The van der Waals surface area contributed by atoms with E-state index in [0.29, 0.717) is 23.6 Å². The van der Waals surface area contributed by atoms with Gasteiger partial charge in [0.05, 0.1) is 6.42 Å². The first kappa shape index (κ1) is 19.5. The Morgan fingerprint density at radius 2 is 2.11 bits per heavy atom. The summed E-state index contributed by atoms with van der Waals surface area (Å²) in [5.41, 5.74) is 2.82. The molecule has 0 aliphatic heterocycles. The number of rotatable bonds is 7. The van der Waals surface area contributed by atoms with Crippen molar-refractivity contribution in [2.45, 2.75) is 24.7 Å². The number of amides is 1. The lowest BCUT2D eigenvalue weighted by Gasteiger charge is -2.09. The molecule has 3 rings (SSSR count). The van der Waals surface area contributed by atoms with E-state index in [4.69, 9.17) is 14.4 Å². The normalized spacial score (nSPS) is 10.4. The topological polar surface area (TPSA) is 105 Å². The van der Waals surface area contributed by atoms with Crippen LogP contribution < -0.4 is 5.32 Å². The number of anilines is 1. The lowest BCUT2D eigenvalue weighted by Crippen LogP contribution is -2.21. The maximum Gasteiger partial charge on any atom is 0.306 e. The van der Waals surface area contributed by atoms with Gasteiger partial charge in [0.2, 0.25) is 0 Å². The summed E-state index contributed by atoms with van der Waals surface area (Å²) in [6.45, 7) is 1.45. The second-order valence-corrected chi connectivity index (χ2v) is 6.81. The van der Waals surface area contributed by atoms with Crippen molar-refractivity contribution in [1.29, 1.82) is 5.26 Å². The number of thioether (sulfide) groups is 1. The first-order valence-electron chi connectivity index (χ1n) is 8.51. The standard InChI is InChI=1S/C20H17N3O4S/c1-13-10-14(28-12-21)6-7-15(13)22-18(24)11-26-20(25)9-8-19-23-16-4-2-3-5-17(16)27-19/h2-7,10H,8-9,11H2,1H3,(H,22,24). The molecule has 1 N–H and O–H groups in total. The third-order valence-electron chi connectivity index (χ3n) is 3.88. The minimum atomic E-state index is -0.505. The number of oxazole rings is 1. The summed E-state index contributed by atoms with van der Waals surface area (Å²) in [7, 11) is 0. The number of nitriles is 1. The molecule has 0 saturated heterocycles. The van der Waals surface area contributed by atoms with Gasteiger partial charge in [0.15, 0.2) is 18.1 Å². The van der Waals surface area contributed by atoms with E-state index in [2.05, 4.69) is 10.3 Å². The Morgan fingerprint density at radius 1 is 1.29 bits per heavy atom. The summed E-state index contributed by atoms with van der Waals surface area (Å²) in [6, 6.07) is 12.6. The van der Waals surface area contributed by atoms with Gasteiger partial charge in [0, 0.05) is 17.0 Å². The fraction of sp³-hybridized carbons (Fsp3) is 0.200.